The lowest BCUT2D eigenvalue weighted by Crippen LogP contribution is -2.30. The van der Waals surface area contributed by atoms with Crippen LogP contribution in [0.4, 0.5) is 5.69 Å². The summed E-state index contributed by atoms with van der Waals surface area (Å²) in [6.07, 6.45) is 3.53. The lowest BCUT2D eigenvalue weighted by atomic mass is 10.2. The number of nitrogens with one attached hydrogen (secondary N) is 2. The molecule has 0 aliphatic carbocycles. The number of aromatic nitrogens is 2. The fraction of sp³-hybridized carbons (Fsp3) is 0.292. The second-order valence-electron chi connectivity index (χ2n) is 8.11. The Morgan fingerprint density at radius 1 is 1.00 bits per heavy atom. The van der Waals surface area contributed by atoms with Crippen LogP contribution in [0.15, 0.2) is 64.5 Å². The van der Waals surface area contributed by atoms with Crippen LogP contribution in [0.2, 0.25) is 0 Å². The third kappa shape index (κ3) is 5.48. The molecule has 1 aliphatic rings. The molecule has 172 valence electrons. The molecule has 2 aromatic carbocycles. The molecule has 33 heavy (non-hydrogen) atoms. The summed E-state index contributed by atoms with van der Waals surface area (Å²) < 4.78 is 30.0. The topological polar surface area (TPSA) is 105 Å². The van der Waals surface area contributed by atoms with Crippen LogP contribution in [0.3, 0.4) is 0 Å². The van der Waals surface area contributed by atoms with Gasteiger partial charge in [0.25, 0.3) is 15.9 Å². The van der Waals surface area contributed by atoms with Gasteiger partial charge in [-0.3, -0.25) is 14.5 Å². The summed E-state index contributed by atoms with van der Waals surface area (Å²) in [6.45, 7) is 4.53. The highest BCUT2D eigenvalue weighted by Gasteiger charge is 2.18. The first-order chi connectivity index (χ1) is 15.8. The Morgan fingerprint density at radius 3 is 2.52 bits per heavy atom. The van der Waals surface area contributed by atoms with Gasteiger partial charge in [0.15, 0.2) is 0 Å². The summed E-state index contributed by atoms with van der Waals surface area (Å²) in [6, 6.07) is 15.3. The highest BCUT2D eigenvalue weighted by Crippen LogP contribution is 2.18. The molecule has 1 aliphatic heterocycles. The van der Waals surface area contributed by atoms with Gasteiger partial charge in [-0.1, -0.05) is 12.5 Å². The Hall–Kier alpha value is -3.46. The Balaban J connectivity index is 1.47. The van der Waals surface area contributed by atoms with Crippen molar-refractivity contribution in [3.8, 4) is 5.69 Å². The first-order valence-corrected chi connectivity index (χ1v) is 12.4. The molecular weight excluding hydrogens is 438 g/mol. The number of sulfonamides is 1. The molecule has 9 heteroatoms. The molecular formula is C24H27N5O3S. The Morgan fingerprint density at radius 2 is 1.79 bits per heavy atom. The third-order valence-corrected chi connectivity index (χ3v) is 6.79. The molecule has 8 nitrogen and oxygen atoms in total. The highest BCUT2D eigenvalue weighted by molar-refractivity contribution is 7.90. The zero-order chi connectivity index (χ0) is 23.4. The van der Waals surface area contributed by atoms with Crippen LogP contribution < -0.4 is 10.0 Å². The number of aliphatic imine (C=N–C) groups is 1. The first-order valence-electron chi connectivity index (χ1n) is 10.9. The second kappa shape index (κ2) is 9.58. The van der Waals surface area contributed by atoms with Crippen molar-refractivity contribution < 1.29 is 13.2 Å². The van der Waals surface area contributed by atoms with Crippen LogP contribution in [-0.2, 0) is 10.0 Å². The molecule has 0 saturated carbocycles. The molecule has 0 atom stereocenters. The zero-order valence-corrected chi connectivity index (χ0v) is 19.5. The number of hydrogen-bond donors (Lipinski definition) is 2. The predicted octanol–water partition coefficient (Wildman–Crippen LogP) is 3.99. The Kier molecular flexibility index (Phi) is 6.60. The van der Waals surface area contributed by atoms with Gasteiger partial charge >= 0.3 is 0 Å². The van der Waals surface area contributed by atoms with Crippen LogP contribution in [0.5, 0.6) is 0 Å². The molecule has 0 saturated heterocycles. The maximum absolute atomic E-state index is 12.8. The summed E-state index contributed by atoms with van der Waals surface area (Å²) in [5.74, 6) is 0.162. The molecule has 1 aromatic heterocycles. The summed E-state index contributed by atoms with van der Waals surface area (Å²) in [7, 11) is -3.78. The van der Waals surface area contributed by atoms with Crippen molar-refractivity contribution in [3.63, 3.8) is 0 Å². The normalized spacial score (nSPS) is 14.3. The van der Waals surface area contributed by atoms with E-state index in [2.05, 4.69) is 20.1 Å². The average molecular weight is 466 g/mol. The van der Waals surface area contributed by atoms with E-state index in [1.807, 2.05) is 36.7 Å². The predicted molar refractivity (Wildman–Crippen MR) is 129 cm³/mol. The van der Waals surface area contributed by atoms with Crippen LogP contribution in [-0.4, -0.2) is 36.5 Å². The van der Waals surface area contributed by atoms with Gasteiger partial charge in [-0.25, -0.2) is 13.1 Å². The molecule has 0 bridgehead atoms. The maximum atomic E-state index is 12.8. The molecule has 4 rings (SSSR count). The van der Waals surface area contributed by atoms with E-state index < -0.39 is 10.0 Å². The number of amides is 1. The minimum absolute atomic E-state index is 0.0760. The minimum atomic E-state index is -3.78. The molecule has 0 radical (unpaired) electrons. The van der Waals surface area contributed by atoms with Crippen molar-refractivity contribution in [2.75, 3.05) is 11.9 Å². The zero-order valence-electron chi connectivity index (χ0n) is 18.7. The van der Waals surface area contributed by atoms with Gasteiger partial charge in [0, 0.05) is 29.9 Å². The van der Waals surface area contributed by atoms with E-state index in [1.165, 1.54) is 12.1 Å². The van der Waals surface area contributed by atoms with Gasteiger partial charge in [-0.15, -0.1) is 0 Å². The van der Waals surface area contributed by atoms with E-state index in [1.54, 1.807) is 24.3 Å². The smallest absolute Gasteiger partial charge is 0.262 e. The minimum Gasteiger partial charge on any atom is -0.322 e. The number of nitrogens with zero attached hydrogens (tertiary/aromatic N) is 3. The number of amidine groups is 1. The van der Waals surface area contributed by atoms with Gasteiger partial charge in [-0.2, -0.15) is 5.10 Å². The number of carbonyl (C=O) groups is 1. The molecule has 2 N–H and O–H groups in total. The lowest BCUT2D eigenvalue weighted by molar-refractivity contribution is 0.102. The van der Waals surface area contributed by atoms with E-state index in [0.29, 0.717) is 30.1 Å². The van der Waals surface area contributed by atoms with Crippen molar-refractivity contribution in [1.82, 2.24) is 14.5 Å². The summed E-state index contributed by atoms with van der Waals surface area (Å²) in [5, 5.41) is 7.22. The quantitative estimate of drug-likeness (QED) is 0.594. The first kappa shape index (κ1) is 22.7. The van der Waals surface area contributed by atoms with Crippen molar-refractivity contribution in [3.05, 3.63) is 71.5 Å². The molecule has 1 amide bonds. The SMILES string of the molecule is Cc1cc(C)n(-c2ccc(C(=O)Nc3cccc(S(=O)(=O)NC4=NCCCCC4)c3)cc2)n1. The van der Waals surface area contributed by atoms with Crippen molar-refractivity contribution in [2.24, 2.45) is 4.99 Å². The van der Waals surface area contributed by atoms with Crippen molar-refractivity contribution in [2.45, 2.75) is 44.4 Å². The number of benzene rings is 2. The average Bonchev–Trinajstić information content (AvgIpc) is 2.96. The molecule has 0 fully saturated rings. The standard InChI is InChI=1S/C24H27N5O3S/c1-17-15-18(2)29(27-17)21-12-10-19(11-13-21)24(30)26-20-7-6-8-22(16-20)33(31,32)28-23-9-4-3-5-14-25-23/h6-8,10-13,15-16H,3-5,9,14H2,1-2H3,(H,25,28)(H,26,30). The highest BCUT2D eigenvalue weighted by atomic mass is 32.2. The molecule has 3 aromatic rings. The van der Waals surface area contributed by atoms with Gasteiger partial charge < -0.3 is 5.32 Å². The van der Waals surface area contributed by atoms with Gasteiger partial charge in [0.1, 0.15) is 5.84 Å². The summed E-state index contributed by atoms with van der Waals surface area (Å²) in [5.41, 5.74) is 3.64. The summed E-state index contributed by atoms with van der Waals surface area (Å²) >= 11 is 0. The largest absolute Gasteiger partial charge is 0.322 e. The van der Waals surface area contributed by atoms with E-state index in [9.17, 15) is 13.2 Å². The number of aryl methyl sites for hydroxylation is 2. The Bertz CT molecular complexity index is 1290. The van der Waals surface area contributed by atoms with Crippen molar-refractivity contribution >= 4 is 27.5 Å². The number of hydrogen-bond acceptors (Lipinski definition) is 5. The fourth-order valence-electron chi connectivity index (χ4n) is 3.76. The summed E-state index contributed by atoms with van der Waals surface area (Å²) in [4.78, 5) is 17.1. The Labute approximate surface area is 193 Å². The number of rotatable bonds is 5. The van der Waals surface area contributed by atoms with Gasteiger partial charge in [-0.05, 0) is 75.2 Å². The molecule has 0 spiro atoms. The maximum Gasteiger partial charge on any atom is 0.262 e. The number of anilines is 1. The van der Waals surface area contributed by atoms with Crippen LogP contribution >= 0.6 is 0 Å². The second-order valence-corrected chi connectivity index (χ2v) is 9.79. The van der Waals surface area contributed by atoms with Crippen LogP contribution in [0.1, 0.15) is 47.4 Å². The monoisotopic (exact) mass is 465 g/mol. The van der Waals surface area contributed by atoms with E-state index in [-0.39, 0.29) is 10.8 Å². The van der Waals surface area contributed by atoms with E-state index in [4.69, 9.17) is 0 Å². The van der Waals surface area contributed by atoms with E-state index in [0.717, 1.165) is 36.3 Å². The molecule has 0 unspecified atom stereocenters. The van der Waals surface area contributed by atoms with Gasteiger partial charge in [0.05, 0.1) is 16.3 Å². The third-order valence-electron chi connectivity index (χ3n) is 5.41. The fourth-order valence-corrected chi connectivity index (χ4v) is 4.89. The van der Waals surface area contributed by atoms with E-state index >= 15 is 0 Å². The van der Waals surface area contributed by atoms with Crippen LogP contribution in [0, 0.1) is 13.8 Å². The lowest BCUT2D eigenvalue weighted by Gasteiger charge is -2.11. The molecule has 2 heterocycles. The van der Waals surface area contributed by atoms with Crippen molar-refractivity contribution in [1.29, 1.82) is 0 Å². The van der Waals surface area contributed by atoms with Crippen LogP contribution in [0.25, 0.3) is 5.69 Å². The number of carbonyl (C=O) groups excluding carboxylic acids is 1. The van der Waals surface area contributed by atoms with Gasteiger partial charge in [0.2, 0.25) is 0 Å².